The number of rotatable bonds is 6. The minimum atomic E-state index is 0.431. The van der Waals surface area contributed by atoms with Crippen LogP contribution in [0.4, 0.5) is 5.82 Å². The molecule has 0 aliphatic carbocycles. The van der Waals surface area contributed by atoms with Crippen LogP contribution in [0.3, 0.4) is 0 Å². The first-order valence-corrected chi connectivity index (χ1v) is 9.49. The molecule has 1 aromatic carbocycles. The second kappa shape index (κ2) is 8.08. The van der Waals surface area contributed by atoms with Crippen LogP contribution in [-0.2, 0) is 6.42 Å². The highest BCUT2D eigenvalue weighted by atomic mass is 16.5. The summed E-state index contributed by atoms with van der Waals surface area (Å²) in [6, 6.07) is 4.95. The first-order chi connectivity index (χ1) is 12.5. The van der Waals surface area contributed by atoms with Gasteiger partial charge >= 0.3 is 0 Å². The van der Waals surface area contributed by atoms with E-state index in [2.05, 4.69) is 36.0 Å². The molecule has 2 heterocycles. The van der Waals surface area contributed by atoms with Crippen LogP contribution in [0.25, 0.3) is 10.9 Å². The van der Waals surface area contributed by atoms with Crippen LogP contribution in [0.15, 0.2) is 12.1 Å². The van der Waals surface area contributed by atoms with Crippen molar-refractivity contribution in [1.29, 1.82) is 0 Å². The standard InChI is InChI=1S/C20H30N4O2/c1-6-19-22-16-12-18(26-5)17(25-4)11-15(16)20(23-19)21-14-7-9-24(10-8-14)13(2)3/h11-14H,6-10H2,1-5H3,(H,21,22,23). The van der Waals surface area contributed by atoms with Crippen LogP contribution < -0.4 is 14.8 Å². The number of benzene rings is 1. The minimum absolute atomic E-state index is 0.431. The van der Waals surface area contributed by atoms with Gasteiger partial charge in [0.15, 0.2) is 11.5 Å². The van der Waals surface area contributed by atoms with Crippen molar-refractivity contribution in [3.63, 3.8) is 0 Å². The molecule has 0 bridgehead atoms. The third kappa shape index (κ3) is 3.85. The fourth-order valence-electron chi connectivity index (χ4n) is 3.53. The van der Waals surface area contributed by atoms with E-state index in [1.807, 2.05) is 12.1 Å². The lowest BCUT2D eigenvalue weighted by atomic mass is 10.0. The Morgan fingerprint density at radius 1 is 1.12 bits per heavy atom. The zero-order valence-electron chi connectivity index (χ0n) is 16.5. The summed E-state index contributed by atoms with van der Waals surface area (Å²) in [4.78, 5) is 12.0. The molecule has 1 aliphatic heterocycles. The normalized spacial score (nSPS) is 16.2. The summed E-state index contributed by atoms with van der Waals surface area (Å²) in [5, 5.41) is 4.65. The van der Waals surface area contributed by atoms with Gasteiger partial charge in [0.05, 0.1) is 19.7 Å². The zero-order valence-corrected chi connectivity index (χ0v) is 16.5. The minimum Gasteiger partial charge on any atom is -0.493 e. The van der Waals surface area contributed by atoms with Crippen molar-refractivity contribution in [1.82, 2.24) is 14.9 Å². The molecule has 1 aromatic heterocycles. The smallest absolute Gasteiger partial charge is 0.162 e. The highest BCUT2D eigenvalue weighted by molar-refractivity contribution is 5.92. The van der Waals surface area contributed by atoms with E-state index in [4.69, 9.17) is 14.5 Å². The van der Waals surface area contributed by atoms with Gasteiger partial charge < -0.3 is 19.7 Å². The molecule has 142 valence electrons. The van der Waals surface area contributed by atoms with Gasteiger partial charge in [-0.15, -0.1) is 0 Å². The molecule has 0 radical (unpaired) electrons. The summed E-state index contributed by atoms with van der Waals surface area (Å²) >= 11 is 0. The number of likely N-dealkylation sites (tertiary alicyclic amines) is 1. The number of nitrogens with zero attached hydrogens (tertiary/aromatic N) is 3. The van der Waals surface area contributed by atoms with Crippen molar-refractivity contribution in [2.75, 3.05) is 32.6 Å². The Kier molecular flexibility index (Phi) is 5.81. The van der Waals surface area contributed by atoms with Gasteiger partial charge in [0.2, 0.25) is 0 Å². The molecular formula is C20H30N4O2. The number of nitrogens with one attached hydrogen (secondary N) is 1. The van der Waals surface area contributed by atoms with Crippen LogP contribution in [0.1, 0.15) is 39.4 Å². The van der Waals surface area contributed by atoms with E-state index in [9.17, 15) is 0 Å². The molecule has 6 heteroatoms. The monoisotopic (exact) mass is 358 g/mol. The van der Waals surface area contributed by atoms with Gasteiger partial charge in [-0.05, 0) is 32.8 Å². The van der Waals surface area contributed by atoms with Gasteiger partial charge in [0.1, 0.15) is 11.6 Å². The molecule has 0 atom stereocenters. The molecular weight excluding hydrogens is 328 g/mol. The predicted molar refractivity (Wildman–Crippen MR) is 105 cm³/mol. The molecule has 1 N–H and O–H groups in total. The summed E-state index contributed by atoms with van der Waals surface area (Å²) in [7, 11) is 3.30. The summed E-state index contributed by atoms with van der Waals surface area (Å²) in [6.45, 7) is 8.84. The Morgan fingerprint density at radius 3 is 2.35 bits per heavy atom. The fourth-order valence-corrected chi connectivity index (χ4v) is 3.53. The number of methoxy groups -OCH3 is 2. The van der Waals surface area contributed by atoms with Gasteiger partial charge in [0, 0.05) is 43.0 Å². The Balaban J connectivity index is 1.91. The number of piperidine rings is 1. The maximum atomic E-state index is 5.47. The van der Waals surface area contributed by atoms with Crippen LogP contribution in [0.2, 0.25) is 0 Å². The van der Waals surface area contributed by atoms with E-state index in [0.29, 0.717) is 23.6 Å². The maximum absolute atomic E-state index is 5.47. The molecule has 2 aromatic rings. The Bertz CT molecular complexity index is 755. The highest BCUT2D eigenvalue weighted by Crippen LogP contribution is 2.34. The SMILES string of the molecule is CCc1nc(NC2CCN(C(C)C)CC2)c2cc(OC)c(OC)cc2n1. The number of fused-ring (bicyclic) bond motifs is 1. The number of ether oxygens (including phenoxy) is 2. The van der Waals surface area contributed by atoms with Crippen LogP contribution in [0, 0.1) is 0 Å². The topological polar surface area (TPSA) is 59.5 Å². The Labute approximate surface area is 155 Å². The molecule has 0 saturated carbocycles. The number of aryl methyl sites for hydroxylation is 1. The van der Waals surface area contributed by atoms with E-state index in [1.165, 1.54) is 0 Å². The lowest BCUT2D eigenvalue weighted by Gasteiger charge is -2.35. The average Bonchev–Trinajstić information content (AvgIpc) is 2.67. The zero-order chi connectivity index (χ0) is 18.7. The molecule has 1 fully saturated rings. The van der Waals surface area contributed by atoms with Crippen molar-refractivity contribution < 1.29 is 9.47 Å². The van der Waals surface area contributed by atoms with Gasteiger partial charge in [-0.25, -0.2) is 9.97 Å². The van der Waals surface area contributed by atoms with E-state index in [1.54, 1.807) is 14.2 Å². The number of aromatic nitrogens is 2. The first kappa shape index (κ1) is 18.7. The van der Waals surface area contributed by atoms with Gasteiger partial charge in [-0.3, -0.25) is 0 Å². The second-order valence-corrected chi connectivity index (χ2v) is 7.11. The van der Waals surface area contributed by atoms with E-state index in [-0.39, 0.29) is 0 Å². The Hall–Kier alpha value is -2.08. The summed E-state index contributed by atoms with van der Waals surface area (Å²) in [6.07, 6.45) is 3.04. The molecule has 6 nitrogen and oxygen atoms in total. The fraction of sp³-hybridized carbons (Fsp3) is 0.600. The quantitative estimate of drug-likeness (QED) is 0.853. The lowest BCUT2D eigenvalue weighted by molar-refractivity contribution is 0.177. The first-order valence-electron chi connectivity index (χ1n) is 9.49. The van der Waals surface area contributed by atoms with Crippen molar-refractivity contribution >= 4 is 16.7 Å². The largest absolute Gasteiger partial charge is 0.493 e. The highest BCUT2D eigenvalue weighted by Gasteiger charge is 2.22. The predicted octanol–water partition coefficient (Wildman–Crippen LogP) is 3.49. The molecule has 0 spiro atoms. The van der Waals surface area contributed by atoms with Crippen LogP contribution in [-0.4, -0.2) is 54.3 Å². The lowest BCUT2D eigenvalue weighted by Crippen LogP contribution is -2.42. The van der Waals surface area contributed by atoms with Crippen molar-refractivity contribution in [3.05, 3.63) is 18.0 Å². The Morgan fingerprint density at radius 2 is 1.77 bits per heavy atom. The van der Waals surface area contributed by atoms with E-state index < -0.39 is 0 Å². The summed E-state index contributed by atoms with van der Waals surface area (Å²) in [5.74, 6) is 3.13. The van der Waals surface area contributed by atoms with E-state index >= 15 is 0 Å². The number of hydrogen-bond donors (Lipinski definition) is 1. The molecule has 1 saturated heterocycles. The van der Waals surface area contributed by atoms with Gasteiger partial charge in [-0.1, -0.05) is 6.92 Å². The van der Waals surface area contributed by atoms with Crippen molar-refractivity contribution in [2.45, 2.75) is 52.1 Å². The third-order valence-electron chi connectivity index (χ3n) is 5.16. The van der Waals surface area contributed by atoms with Crippen molar-refractivity contribution in [3.8, 4) is 11.5 Å². The van der Waals surface area contributed by atoms with Crippen LogP contribution in [0.5, 0.6) is 11.5 Å². The molecule has 0 unspecified atom stereocenters. The summed E-state index contributed by atoms with van der Waals surface area (Å²) < 4.78 is 10.9. The van der Waals surface area contributed by atoms with Gasteiger partial charge in [0.25, 0.3) is 0 Å². The maximum Gasteiger partial charge on any atom is 0.162 e. The molecule has 1 aliphatic rings. The summed E-state index contributed by atoms with van der Waals surface area (Å²) in [5.41, 5.74) is 0.886. The van der Waals surface area contributed by atoms with E-state index in [0.717, 1.165) is 54.9 Å². The average molecular weight is 358 g/mol. The van der Waals surface area contributed by atoms with Crippen molar-refractivity contribution in [2.24, 2.45) is 0 Å². The second-order valence-electron chi connectivity index (χ2n) is 7.11. The van der Waals surface area contributed by atoms with Gasteiger partial charge in [-0.2, -0.15) is 0 Å². The number of hydrogen-bond acceptors (Lipinski definition) is 6. The number of anilines is 1. The third-order valence-corrected chi connectivity index (χ3v) is 5.16. The molecule has 26 heavy (non-hydrogen) atoms. The van der Waals surface area contributed by atoms with Crippen LogP contribution >= 0.6 is 0 Å². The molecule has 3 rings (SSSR count). The molecule has 0 amide bonds.